The van der Waals surface area contributed by atoms with Gasteiger partial charge in [0.15, 0.2) is 5.69 Å². The fraction of sp³-hybridized carbons (Fsp3) is 0.455. The van der Waals surface area contributed by atoms with Crippen LogP contribution >= 0.6 is 0 Å². The average Bonchev–Trinajstić information content (AvgIpc) is 2.28. The van der Waals surface area contributed by atoms with Crippen molar-refractivity contribution in [2.75, 3.05) is 11.9 Å². The monoisotopic (exact) mass is 252 g/mol. The van der Waals surface area contributed by atoms with E-state index in [9.17, 15) is 9.59 Å². The van der Waals surface area contributed by atoms with Crippen molar-refractivity contribution in [3.05, 3.63) is 18.1 Å². The molecule has 98 valence electrons. The highest BCUT2D eigenvalue weighted by molar-refractivity contribution is 5.84. The number of carboxylic acids is 1. The Labute approximate surface area is 105 Å². The Hall–Kier alpha value is -2.18. The lowest BCUT2D eigenvalue weighted by Crippen LogP contribution is -2.31. The first-order chi connectivity index (χ1) is 8.49. The zero-order chi connectivity index (χ0) is 13.5. The molecule has 18 heavy (non-hydrogen) atoms. The lowest BCUT2D eigenvalue weighted by Gasteiger charge is -2.08. The molecule has 0 aliphatic carbocycles. The molecule has 1 amide bonds. The summed E-state index contributed by atoms with van der Waals surface area (Å²) in [4.78, 5) is 29.4. The van der Waals surface area contributed by atoms with Gasteiger partial charge in [-0.1, -0.05) is 0 Å². The van der Waals surface area contributed by atoms with Gasteiger partial charge < -0.3 is 15.7 Å². The van der Waals surface area contributed by atoms with Gasteiger partial charge in [-0.05, 0) is 13.8 Å². The van der Waals surface area contributed by atoms with Gasteiger partial charge in [0.2, 0.25) is 5.91 Å². The van der Waals surface area contributed by atoms with E-state index < -0.39 is 5.97 Å². The molecule has 1 rings (SSSR count). The molecular formula is C11H16N4O3. The van der Waals surface area contributed by atoms with Gasteiger partial charge >= 0.3 is 5.97 Å². The van der Waals surface area contributed by atoms with Gasteiger partial charge in [-0.15, -0.1) is 0 Å². The van der Waals surface area contributed by atoms with Gasteiger partial charge in [0, 0.05) is 19.0 Å². The number of rotatable bonds is 6. The highest BCUT2D eigenvalue weighted by atomic mass is 16.4. The van der Waals surface area contributed by atoms with Crippen LogP contribution in [0.4, 0.5) is 5.82 Å². The Kier molecular flexibility index (Phi) is 5.04. The Morgan fingerprint density at radius 2 is 2.06 bits per heavy atom. The Morgan fingerprint density at radius 3 is 2.56 bits per heavy atom. The third kappa shape index (κ3) is 4.77. The number of hydrogen-bond acceptors (Lipinski definition) is 5. The van der Waals surface area contributed by atoms with E-state index in [0.29, 0.717) is 18.8 Å². The molecule has 0 atom stereocenters. The normalized spacial score (nSPS) is 10.2. The second-order valence-electron chi connectivity index (χ2n) is 3.99. The molecule has 0 bridgehead atoms. The summed E-state index contributed by atoms with van der Waals surface area (Å²) in [6, 6.07) is 0.118. The summed E-state index contributed by atoms with van der Waals surface area (Å²) in [6.07, 6.45) is 2.81. The average molecular weight is 252 g/mol. The first kappa shape index (κ1) is 13.9. The van der Waals surface area contributed by atoms with Crippen molar-refractivity contribution in [1.82, 2.24) is 15.3 Å². The topological polar surface area (TPSA) is 104 Å². The number of nitrogens with zero attached hydrogens (tertiary/aromatic N) is 2. The number of amides is 1. The Balaban J connectivity index is 2.35. The zero-order valence-corrected chi connectivity index (χ0v) is 10.3. The van der Waals surface area contributed by atoms with Crippen LogP contribution in [0.3, 0.4) is 0 Å². The number of carbonyl (C=O) groups excluding carboxylic acids is 1. The van der Waals surface area contributed by atoms with Crippen LogP contribution in [0.25, 0.3) is 0 Å². The Bertz CT molecular complexity index is 417. The van der Waals surface area contributed by atoms with Crippen LogP contribution in [-0.2, 0) is 4.79 Å². The van der Waals surface area contributed by atoms with E-state index in [1.54, 1.807) is 0 Å². The van der Waals surface area contributed by atoms with Gasteiger partial charge in [0.05, 0.1) is 12.4 Å². The molecule has 0 aliphatic heterocycles. The van der Waals surface area contributed by atoms with Crippen LogP contribution in [0.15, 0.2) is 12.4 Å². The second-order valence-corrected chi connectivity index (χ2v) is 3.99. The largest absolute Gasteiger partial charge is 0.476 e. The minimum atomic E-state index is -1.12. The Morgan fingerprint density at radius 1 is 1.33 bits per heavy atom. The molecule has 0 aromatic carbocycles. The van der Waals surface area contributed by atoms with Crippen molar-refractivity contribution in [3.63, 3.8) is 0 Å². The summed E-state index contributed by atoms with van der Waals surface area (Å²) in [7, 11) is 0. The molecule has 7 heteroatoms. The molecule has 0 spiro atoms. The molecule has 0 saturated carbocycles. The van der Waals surface area contributed by atoms with Crippen LogP contribution < -0.4 is 10.6 Å². The highest BCUT2D eigenvalue weighted by Crippen LogP contribution is 2.01. The van der Waals surface area contributed by atoms with E-state index in [2.05, 4.69) is 20.6 Å². The molecule has 0 fully saturated rings. The minimum Gasteiger partial charge on any atom is -0.476 e. The second kappa shape index (κ2) is 6.53. The quantitative estimate of drug-likeness (QED) is 0.681. The summed E-state index contributed by atoms with van der Waals surface area (Å²) in [5, 5.41) is 14.3. The van der Waals surface area contributed by atoms with E-state index in [-0.39, 0.29) is 17.6 Å². The maximum Gasteiger partial charge on any atom is 0.356 e. The number of hydrogen-bond donors (Lipinski definition) is 3. The fourth-order valence-corrected chi connectivity index (χ4v) is 1.23. The standard InChI is InChI=1S/C11H16N4O3/c1-7(2)15-10(16)3-4-12-9-6-13-8(5-14-9)11(17)18/h5-7H,3-4H2,1-2H3,(H,12,14)(H,15,16)(H,17,18). The van der Waals surface area contributed by atoms with E-state index in [1.165, 1.54) is 12.4 Å². The number of aromatic nitrogens is 2. The molecular weight excluding hydrogens is 236 g/mol. The van der Waals surface area contributed by atoms with Crippen molar-refractivity contribution < 1.29 is 14.7 Å². The van der Waals surface area contributed by atoms with Crippen LogP contribution in [0.5, 0.6) is 0 Å². The van der Waals surface area contributed by atoms with Crippen LogP contribution in [0.2, 0.25) is 0 Å². The van der Waals surface area contributed by atoms with Crippen LogP contribution in [-0.4, -0.2) is 39.5 Å². The lowest BCUT2D eigenvalue weighted by atomic mass is 10.3. The summed E-state index contributed by atoms with van der Waals surface area (Å²) >= 11 is 0. The van der Waals surface area contributed by atoms with E-state index in [1.807, 2.05) is 13.8 Å². The van der Waals surface area contributed by atoms with Gasteiger partial charge in [0.1, 0.15) is 5.82 Å². The highest BCUT2D eigenvalue weighted by Gasteiger charge is 2.05. The number of carbonyl (C=O) groups is 2. The molecule has 1 aromatic rings. The summed E-state index contributed by atoms with van der Waals surface area (Å²) in [5.41, 5.74) is -0.113. The molecule has 1 heterocycles. The molecule has 0 unspecified atom stereocenters. The molecule has 0 radical (unpaired) electrons. The maximum absolute atomic E-state index is 11.3. The molecule has 0 aliphatic rings. The molecule has 1 aromatic heterocycles. The predicted molar refractivity (Wildman–Crippen MR) is 65.4 cm³/mol. The minimum absolute atomic E-state index is 0.0485. The molecule has 7 nitrogen and oxygen atoms in total. The number of carboxylic acid groups (broad SMARTS) is 1. The van der Waals surface area contributed by atoms with Gasteiger partial charge in [0.25, 0.3) is 0 Å². The van der Waals surface area contributed by atoms with Crippen molar-refractivity contribution >= 4 is 17.7 Å². The number of aromatic carboxylic acids is 1. The summed E-state index contributed by atoms with van der Waals surface area (Å²) in [6.45, 7) is 4.20. The first-order valence-electron chi connectivity index (χ1n) is 5.57. The third-order valence-corrected chi connectivity index (χ3v) is 1.98. The van der Waals surface area contributed by atoms with Crippen LogP contribution in [0.1, 0.15) is 30.8 Å². The smallest absolute Gasteiger partial charge is 0.356 e. The SMILES string of the molecule is CC(C)NC(=O)CCNc1cnc(C(=O)O)cn1. The van der Waals surface area contributed by atoms with E-state index >= 15 is 0 Å². The summed E-state index contributed by atoms with van der Waals surface area (Å²) < 4.78 is 0. The number of anilines is 1. The van der Waals surface area contributed by atoms with Gasteiger partial charge in [-0.3, -0.25) is 4.79 Å². The third-order valence-electron chi connectivity index (χ3n) is 1.98. The summed E-state index contributed by atoms with van der Waals surface area (Å²) in [5.74, 6) is -0.727. The first-order valence-corrected chi connectivity index (χ1v) is 5.57. The van der Waals surface area contributed by atoms with Crippen molar-refractivity contribution in [3.8, 4) is 0 Å². The van der Waals surface area contributed by atoms with Crippen molar-refractivity contribution in [1.29, 1.82) is 0 Å². The molecule has 0 saturated heterocycles. The maximum atomic E-state index is 11.3. The fourth-order valence-electron chi connectivity index (χ4n) is 1.23. The van der Waals surface area contributed by atoms with Gasteiger partial charge in [-0.2, -0.15) is 0 Å². The molecule has 3 N–H and O–H groups in total. The van der Waals surface area contributed by atoms with Crippen LogP contribution in [0, 0.1) is 0 Å². The lowest BCUT2D eigenvalue weighted by molar-refractivity contribution is -0.121. The van der Waals surface area contributed by atoms with Crippen molar-refractivity contribution in [2.45, 2.75) is 26.3 Å². The van der Waals surface area contributed by atoms with E-state index in [4.69, 9.17) is 5.11 Å². The number of nitrogens with one attached hydrogen (secondary N) is 2. The zero-order valence-electron chi connectivity index (χ0n) is 10.3. The van der Waals surface area contributed by atoms with E-state index in [0.717, 1.165) is 0 Å². The van der Waals surface area contributed by atoms with Crippen molar-refractivity contribution in [2.24, 2.45) is 0 Å². The predicted octanol–water partition coefficient (Wildman–Crippen LogP) is 0.501. The van der Waals surface area contributed by atoms with Gasteiger partial charge in [-0.25, -0.2) is 14.8 Å².